The molecule has 1 aromatic rings. The van der Waals surface area contributed by atoms with Crippen LogP contribution in [0.3, 0.4) is 0 Å². The van der Waals surface area contributed by atoms with E-state index in [0.717, 1.165) is 0 Å². The minimum atomic E-state index is -1.35. The van der Waals surface area contributed by atoms with E-state index >= 15 is 0 Å². The topological polar surface area (TPSA) is 84.9 Å². The molecule has 144 valence electrons. The van der Waals surface area contributed by atoms with E-state index in [-0.39, 0.29) is 30.6 Å². The molecule has 1 aliphatic rings. The maximum Gasteiger partial charge on any atom is 0.330 e. The number of carboxylic acid groups (broad SMARTS) is 1. The van der Waals surface area contributed by atoms with E-state index in [1.54, 1.807) is 19.9 Å². The molecule has 1 fully saturated rings. The number of nitrogens with one attached hydrogen (secondary N) is 1. The summed E-state index contributed by atoms with van der Waals surface area (Å²) < 4.78 is 24.2. The number of aryl methyl sites for hydroxylation is 1. The second-order valence-electron chi connectivity index (χ2n) is 7.10. The summed E-state index contributed by atoms with van der Waals surface area (Å²) in [7, 11) is 1.38. The fourth-order valence-corrected chi connectivity index (χ4v) is 3.46. The zero-order valence-electron chi connectivity index (χ0n) is 15.6. The van der Waals surface area contributed by atoms with E-state index < -0.39 is 22.7 Å². The summed E-state index contributed by atoms with van der Waals surface area (Å²) in [4.78, 5) is 24.2. The molecule has 1 amide bonds. The molecular formula is C19H26FNO5. The summed E-state index contributed by atoms with van der Waals surface area (Å²) in [5, 5.41) is 12.4. The van der Waals surface area contributed by atoms with Gasteiger partial charge in [-0.2, -0.15) is 0 Å². The van der Waals surface area contributed by atoms with E-state index in [0.29, 0.717) is 18.6 Å². The minimum Gasteiger partial charge on any atom is -0.494 e. The molecule has 0 aromatic heterocycles. The molecule has 2 unspecified atom stereocenters. The van der Waals surface area contributed by atoms with Gasteiger partial charge in [0, 0.05) is 24.9 Å². The lowest BCUT2D eigenvalue weighted by Crippen LogP contribution is -2.76. The van der Waals surface area contributed by atoms with Crippen molar-refractivity contribution >= 4 is 11.9 Å². The predicted molar refractivity (Wildman–Crippen MR) is 93.6 cm³/mol. The van der Waals surface area contributed by atoms with Crippen molar-refractivity contribution in [3.8, 4) is 5.75 Å². The highest BCUT2D eigenvalue weighted by Crippen LogP contribution is 2.51. The first-order valence-electron chi connectivity index (χ1n) is 8.66. The monoisotopic (exact) mass is 367 g/mol. The zero-order chi connectivity index (χ0) is 19.5. The van der Waals surface area contributed by atoms with Crippen LogP contribution < -0.4 is 10.1 Å². The van der Waals surface area contributed by atoms with Gasteiger partial charge in [0.15, 0.2) is 11.6 Å². The number of benzene rings is 1. The van der Waals surface area contributed by atoms with Crippen LogP contribution in [0, 0.1) is 11.2 Å². The Kier molecular flexibility index (Phi) is 5.91. The first-order valence-corrected chi connectivity index (χ1v) is 8.66. The van der Waals surface area contributed by atoms with Crippen LogP contribution in [0.4, 0.5) is 4.39 Å². The fourth-order valence-electron chi connectivity index (χ4n) is 3.46. The molecule has 26 heavy (non-hydrogen) atoms. The van der Waals surface area contributed by atoms with E-state index in [1.807, 2.05) is 6.92 Å². The molecule has 0 saturated heterocycles. The number of carboxylic acids is 1. The van der Waals surface area contributed by atoms with Crippen molar-refractivity contribution in [3.05, 3.63) is 29.6 Å². The van der Waals surface area contributed by atoms with Crippen molar-refractivity contribution in [1.82, 2.24) is 5.32 Å². The number of aliphatic carboxylic acids is 1. The number of amides is 1. The summed E-state index contributed by atoms with van der Waals surface area (Å²) in [5.74, 6) is -1.80. The summed E-state index contributed by atoms with van der Waals surface area (Å²) in [6.07, 6.45) is 0.375. The molecule has 0 aliphatic heterocycles. The van der Waals surface area contributed by atoms with Crippen LogP contribution in [0.1, 0.15) is 39.2 Å². The Bertz CT molecular complexity index is 691. The molecule has 0 heterocycles. The Balaban J connectivity index is 2.01. The number of halogens is 1. The molecule has 1 saturated carbocycles. The number of carbonyl (C=O) groups excluding carboxylic acids is 1. The molecule has 2 N–H and O–H groups in total. The summed E-state index contributed by atoms with van der Waals surface area (Å²) in [6, 6.07) is 4.50. The van der Waals surface area contributed by atoms with Gasteiger partial charge in [0.2, 0.25) is 5.91 Å². The fraction of sp³-hybridized carbons (Fsp3) is 0.579. The van der Waals surface area contributed by atoms with Crippen molar-refractivity contribution in [1.29, 1.82) is 0 Å². The second kappa shape index (κ2) is 7.61. The van der Waals surface area contributed by atoms with Crippen LogP contribution >= 0.6 is 0 Å². The normalized spacial score (nSPS) is 23.8. The third kappa shape index (κ3) is 3.53. The number of ether oxygens (including phenoxy) is 2. The van der Waals surface area contributed by atoms with Crippen LogP contribution in [0.5, 0.6) is 5.75 Å². The quantitative estimate of drug-likeness (QED) is 0.738. The highest BCUT2D eigenvalue weighted by Gasteiger charge is 2.66. The minimum absolute atomic E-state index is 0.0657. The molecule has 0 bridgehead atoms. The molecular weight excluding hydrogens is 341 g/mol. The molecule has 2 atom stereocenters. The first-order chi connectivity index (χ1) is 12.2. The number of carbonyl (C=O) groups is 2. The van der Waals surface area contributed by atoms with Crippen LogP contribution in [-0.2, 0) is 20.7 Å². The number of rotatable bonds is 8. The highest BCUT2D eigenvalue weighted by molar-refractivity contribution is 5.89. The van der Waals surface area contributed by atoms with Crippen LogP contribution in [0.25, 0.3) is 0 Å². The third-order valence-electron chi connectivity index (χ3n) is 5.34. The maximum atomic E-state index is 13.7. The van der Waals surface area contributed by atoms with Crippen molar-refractivity contribution in [2.45, 2.75) is 51.7 Å². The average Bonchev–Trinajstić information content (AvgIpc) is 2.58. The van der Waals surface area contributed by atoms with Gasteiger partial charge in [-0.05, 0) is 31.0 Å². The van der Waals surface area contributed by atoms with Gasteiger partial charge in [0.1, 0.15) is 5.54 Å². The Morgan fingerprint density at radius 3 is 2.58 bits per heavy atom. The lowest BCUT2D eigenvalue weighted by atomic mass is 9.54. The van der Waals surface area contributed by atoms with Crippen molar-refractivity contribution in [2.75, 3.05) is 13.7 Å². The molecule has 7 heteroatoms. The summed E-state index contributed by atoms with van der Waals surface area (Å²) in [5.41, 5.74) is -1.44. The number of hydrogen-bond acceptors (Lipinski definition) is 4. The van der Waals surface area contributed by atoms with Gasteiger partial charge < -0.3 is 19.9 Å². The van der Waals surface area contributed by atoms with Gasteiger partial charge in [0.25, 0.3) is 0 Å². The van der Waals surface area contributed by atoms with Gasteiger partial charge in [-0.1, -0.05) is 19.9 Å². The van der Waals surface area contributed by atoms with Crippen molar-refractivity contribution in [2.24, 2.45) is 5.41 Å². The van der Waals surface area contributed by atoms with Crippen molar-refractivity contribution in [3.63, 3.8) is 0 Å². The standard InChI is InChI=1S/C19H26FNO5/c1-5-26-15-11-19(17(23)24,18(15,2)3)21-16(22)9-7-12-6-8-14(25-4)13(20)10-12/h6,8,10,15H,5,7,9,11H2,1-4H3,(H,21,22)(H,23,24). The van der Waals surface area contributed by atoms with E-state index in [1.165, 1.54) is 19.2 Å². The Labute approximate surface area is 152 Å². The number of hydrogen-bond donors (Lipinski definition) is 2. The first kappa shape index (κ1) is 20.2. The van der Waals surface area contributed by atoms with Crippen molar-refractivity contribution < 1.29 is 28.6 Å². The largest absolute Gasteiger partial charge is 0.494 e. The summed E-state index contributed by atoms with van der Waals surface area (Å²) in [6.45, 7) is 5.90. The third-order valence-corrected chi connectivity index (χ3v) is 5.34. The number of methoxy groups -OCH3 is 1. The molecule has 6 nitrogen and oxygen atoms in total. The van der Waals surface area contributed by atoms with E-state index in [4.69, 9.17) is 9.47 Å². The molecule has 1 aromatic carbocycles. The smallest absolute Gasteiger partial charge is 0.330 e. The average molecular weight is 367 g/mol. The lowest BCUT2D eigenvalue weighted by molar-refractivity contribution is -0.194. The lowest BCUT2D eigenvalue weighted by Gasteiger charge is -2.58. The van der Waals surface area contributed by atoms with Crippen LogP contribution in [-0.4, -0.2) is 42.3 Å². The second-order valence-corrected chi connectivity index (χ2v) is 7.10. The van der Waals surface area contributed by atoms with Gasteiger partial charge >= 0.3 is 5.97 Å². The molecule has 1 aliphatic carbocycles. The van der Waals surface area contributed by atoms with Gasteiger partial charge in [0.05, 0.1) is 13.2 Å². The highest BCUT2D eigenvalue weighted by atomic mass is 19.1. The molecule has 2 rings (SSSR count). The Morgan fingerprint density at radius 2 is 2.08 bits per heavy atom. The van der Waals surface area contributed by atoms with Gasteiger partial charge in [-0.15, -0.1) is 0 Å². The maximum absolute atomic E-state index is 13.7. The molecule has 0 spiro atoms. The molecule has 0 radical (unpaired) electrons. The Hall–Kier alpha value is -2.15. The SMILES string of the molecule is CCOC1CC(NC(=O)CCc2ccc(OC)c(F)c2)(C(=O)O)C1(C)C. The van der Waals surface area contributed by atoms with Crippen LogP contribution in [0.2, 0.25) is 0 Å². The van der Waals surface area contributed by atoms with Gasteiger partial charge in [-0.25, -0.2) is 9.18 Å². The van der Waals surface area contributed by atoms with E-state index in [2.05, 4.69) is 5.32 Å². The van der Waals surface area contributed by atoms with Gasteiger partial charge in [-0.3, -0.25) is 4.79 Å². The van der Waals surface area contributed by atoms with Crippen LogP contribution in [0.15, 0.2) is 18.2 Å². The predicted octanol–water partition coefficient (Wildman–Crippen LogP) is 2.54. The zero-order valence-corrected chi connectivity index (χ0v) is 15.6. The van der Waals surface area contributed by atoms with E-state index in [9.17, 15) is 19.1 Å². The summed E-state index contributed by atoms with van der Waals surface area (Å²) >= 11 is 0. The Morgan fingerprint density at radius 1 is 1.38 bits per heavy atom.